The zero-order valence-electron chi connectivity index (χ0n) is 16.5. The number of benzene rings is 1. The van der Waals surface area contributed by atoms with Crippen molar-refractivity contribution in [2.75, 3.05) is 29.9 Å². The molecule has 8 nitrogen and oxygen atoms in total. The number of pyridine rings is 2. The number of amides is 2. The van der Waals surface area contributed by atoms with Crippen LogP contribution in [0.4, 0.5) is 15.9 Å². The number of hydrogen-bond donors (Lipinski definition) is 2. The largest absolute Gasteiger partial charge is 0.489 e. The third kappa shape index (κ3) is 4.77. The molecule has 0 spiro atoms. The van der Waals surface area contributed by atoms with Crippen LogP contribution in [0, 0.1) is 5.82 Å². The number of carbonyl (C=O) groups is 2. The molecule has 0 saturated carbocycles. The Balaban J connectivity index is 1.42. The van der Waals surface area contributed by atoms with Gasteiger partial charge in [0.2, 0.25) is 5.91 Å². The average molecular weight is 421 g/mol. The molecule has 0 atom stereocenters. The highest BCUT2D eigenvalue weighted by molar-refractivity contribution is 6.04. The molecule has 2 aromatic heterocycles. The smallest absolute Gasteiger partial charge is 0.253 e. The number of nitrogens with one attached hydrogen (secondary N) is 2. The molecule has 158 valence electrons. The molecule has 2 amide bonds. The van der Waals surface area contributed by atoms with Crippen LogP contribution in [-0.4, -0.2) is 41.5 Å². The van der Waals surface area contributed by atoms with Crippen molar-refractivity contribution in [3.63, 3.8) is 0 Å². The molecule has 3 aromatic rings. The lowest BCUT2D eigenvalue weighted by Gasteiger charge is -2.29. The van der Waals surface area contributed by atoms with Gasteiger partial charge >= 0.3 is 0 Å². The molecule has 0 fully saturated rings. The summed E-state index contributed by atoms with van der Waals surface area (Å²) in [6.07, 6.45) is 3.10. The van der Waals surface area contributed by atoms with Crippen LogP contribution in [0.3, 0.4) is 0 Å². The fraction of sp³-hybridized carbons (Fsp3) is 0.182. The molecule has 31 heavy (non-hydrogen) atoms. The summed E-state index contributed by atoms with van der Waals surface area (Å²) in [7, 11) is 0. The van der Waals surface area contributed by atoms with E-state index in [-0.39, 0.29) is 43.8 Å². The topological polar surface area (TPSA) is 96.4 Å². The number of nitrogens with zero attached hydrogens (tertiary/aromatic N) is 3. The van der Waals surface area contributed by atoms with Gasteiger partial charge in [0, 0.05) is 12.4 Å². The lowest BCUT2D eigenvalue weighted by atomic mass is 10.2. The van der Waals surface area contributed by atoms with E-state index in [1.807, 2.05) is 12.1 Å². The summed E-state index contributed by atoms with van der Waals surface area (Å²) >= 11 is 0. The molecule has 4 rings (SSSR count). The fourth-order valence-electron chi connectivity index (χ4n) is 3.12. The summed E-state index contributed by atoms with van der Waals surface area (Å²) in [6, 6.07) is 13.2. The van der Waals surface area contributed by atoms with Crippen LogP contribution in [0.1, 0.15) is 16.1 Å². The van der Waals surface area contributed by atoms with Gasteiger partial charge in [-0.05, 0) is 30.3 Å². The molecule has 1 aliphatic rings. The number of ether oxygens (including phenoxy) is 1. The van der Waals surface area contributed by atoms with Crippen molar-refractivity contribution in [2.45, 2.75) is 6.54 Å². The predicted molar refractivity (Wildman–Crippen MR) is 112 cm³/mol. The van der Waals surface area contributed by atoms with Crippen molar-refractivity contribution in [3.05, 3.63) is 78.0 Å². The van der Waals surface area contributed by atoms with Crippen molar-refractivity contribution in [3.8, 4) is 5.75 Å². The molecular weight excluding hydrogens is 401 g/mol. The number of hydrogen-bond acceptors (Lipinski definition) is 6. The maximum Gasteiger partial charge on any atom is 0.253 e. The minimum Gasteiger partial charge on any atom is -0.489 e. The predicted octanol–water partition coefficient (Wildman–Crippen LogP) is 2.38. The van der Waals surface area contributed by atoms with Crippen LogP contribution in [-0.2, 0) is 11.3 Å². The molecule has 3 heterocycles. The van der Waals surface area contributed by atoms with Crippen LogP contribution < -0.4 is 20.3 Å². The zero-order chi connectivity index (χ0) is 21.6. The van der Waals surface area contributed by atoms with Gasteiger partial charge in [0.05, 0.1) is 36.6 Å². The summed E-state index contributed by atoms with van der Waals surface area (Å²) in [4.78, 5) is 35.1. The first-order chi connectivity index (χ1) is 15.1. The molecule has 0 radical (unpaired) electrons. The summed E-state index contributed by atoms with van der Waals surface area (Å²) in [5, 5.41) is 5.67. The second-order valence-corrected chi connectivity index (χ2v) is 6.78. The molecule has 0 aliphatic carbocycles. The highest BCUT2D eigenvalue weighted by atomic mass is 19.1. The van der Waals surface area contributed by atoms with Gasteiger partial charge in [0.15, 0.2) is 17.4 Å². The Kier molecular flexibility index (Phi) is 6.02. The monoisotopic (exact) mass is 421 g/mol. The van der Waals surface area contributed by atoms with Gasteiger partial charge in [-0.15, -0.1) is 0 Å². The van der Waals surface area contributed by atoms with E-state index in [2.05, 4.69) is 20.6 Å². The van der Waals surface area contributed by atoms with Gasteiger partial charge in [0.25, 0.3) is 5.91 Å². The Morgan fingerprint density at radius 3 is 2.84 bits per heavy atom. The van der Waals surface area contributed by atoms with E-state index in [1.165, 1.54) is 18.3 Å². The molecule has 1 aromatic carbocycles. The molecule has 9 heteroatoms. The van der Waals surface area contributed by atoms with Crippen molar-refractivity contribution in [2.24, 2.45) is 0 Å². The quantitative estimate of drug-likeness (QED) is 0.569. The van der Waals surface area contributed by atoms with Crippen LogP contribution in [0.15, 0.2) is 60.9 Å². The van der Waals surface area contributed by atoms with Crippen LogP contribution in [0.25, 0.3) is 0 Å². The van der Waals surface area contributed by atoms with Gasteiger partial charge in [0.1, 0.15) is 6.61 Å². The van der Waals surface area contributed by atoms with Crippen LogP contribution >= 0.6 is 0 Å². The molecule has 0 unspecified atom stereocenters. The van der Waals surface area contributed by atoms with Crippen LogP contribution in [0.2, 0.25) is 0 Å². The number of anilines is 2. The third-order valence-electron chi connectivity index (χ3n) is 4.66. The number of rotatable bonds is 7. The number of carbonyl (C=O) groups excluding carboxylic acids is 2. The Hall–Kier alpha value is -4.01. The summed E-state index contributed by atoms with van der Waals surface area (Å²) in [5.41, 5.74) is 1.54. The fourth-order valence-corrected chi connectivity index (χ4v) is 3.12. The Labute approximate surface area is 178 Å². The van der Waals surface area contributed by atoms with Crippen molar-refractivity contribution < 1.29 is 18.7 Å². The second-order valence-electron chi connectivity index (χ2n) is 6.78. The third-order valence-corrected chi connectivity index (χ3v) is 4.66. The number of aromatic nitrogens is 2. The van der Waals surface area contributed by atoms with Gasteiger partial charge in [-0.25, -0.2) is 9.37 Å². The van der Waals surface area contributed by atoms with E-state index in [0.29, 0.717) is 17.1 Å². The first-order valence-corrected chi connectivity index (χ1v) is 9.71. The van der Waals surface area contributed by atoms with Gasteiger partial charge in [-0.1, -0.05) is 18.2 Å². The first-order valence-electron chi connectivity index (χ1n) is 9.71. The second kappa shape index (κ2) is 9.21. The SMILES string of the molecule is O=C(NCCOc1ccccc1F)c1cnc2c(c1)N(Cc1ccccn1)C(=O)CN2. The molecule has 1 aliphatic heterocycles. The maximum atomic E-state index is 13.6. The summed E-state index contributed by atoms with van der Waals surface area (Å²) in [6.45, 7) is 0.680. The van der Waals surface area contributed by atoms with E-state index in [1.54, 1.807) is 35.4 Å². The Morgan fingerprint density at radius 1 is 1.19 bits per heavy atom. The van der Waals surface area contributed by atoms with Gasteiger partial charge in [-0.2, -0.15) is 0 Å². The van der Waals surface area contributed by atoms with Crippen molar-refractivity contribution in [1.29, 1.82) is 0 Å². The highest BCUT2D eigenvalue weighted by Crippen LogP contribution is 2.29. The molecule has 0 bridgehead atoms. The van der Waals surface area contributed by atoms with Gasteiger partial charge < -0.3 is 20.3 Å². The van der Waals surface area contributed by atoms with E-state index in [0.717, 1.165) is 5.69 Å². The normalized spacial score (nSPS) is 12.7. The van der Waals surface area contributed by atoms with E-state index >= 15 is 0 Å². The lowest BCUT2D eigenvalue weighted by molar-refractivity contribution is -0.117. The van der Waals surface area contributed by atoms with E-state index < -0.39 is 5.82 Å². The summed E-state index contributed by atoms with van der Waals surface area (Å²) in [5.74, 6) is -0.325. The zero-order valence-corrected chi connectivity index (χ0v) is 16.5. The first kappa shape index (κ1) is 20.3. The van der Waals surface area contributed by atoms with Crippen LogP contribution in [0.5, 0.6) is 5.75 Å². The average Bonchev–Trinajstić information content (AvgIpc) is 2.80. The standard InChI is InChI=1S/C22H20FN5O3/c23-17-6-1-2-7-19(17)31-10-9-25-22(30)15-11-18-21(26-12-15)27-13-20(29)28(18)14-16-5-3-4-8-24-16/h1-8,11-12H,9-10,13-14H2,(H,25,30)(H,26,27). The number of para-hydroxylation sites is 1. The van der Waals surface area contributed by atoms with Gasteiger partial charge in [-0.3, -0.25) is 14.6 Å². The Bertz CT molecular complexity index is 1090. The number of fused-ring (bicyclic) bond motifs is 1. The lowest BCUT2D eigenvalue weighted by Crippen LogP contribution is -2.40. The molecule has 0 saturated heterocycles. The summed E-state index contributed by atoms with van der Waals surface area (Å²) < 4.78 is 18.9. The molecular formula is C22H20FN5O3. The van der Waals surface area contributed by atoms with Crippen molar-refractivity contribution >= 4 is 23.3 Å². The van der Waals surface area contributed by atoms with Crippen molar-refractivity contribution in [1.82, 2.24) is 15.3 Å². The van der Waals surface area contributed by atoms with E-state index in [4.69, 9.17) is 4.74 Å². The Morgan fingerprint density at radius 2 is 2.03 bits per heavy atom. The minimum absolute atomic E-state index is 0.108. The maximum absolute atomic E-state index is 13.6. The minimum atomic E-state index is -0.460. The highest BCUT2D eigenvalue weighted by Gasteiger charge is 2.26. The number of halogens is 1. The molecule has 2 N–H and O–H groups in total. The van der Waals surface area contributed by atoms with E-state index in [9.17, 15) is 14.0 Å².